The van der Waals surface area contributed by atoms with E-state index in [4.69, 9.17) is 0 Å². The van der Waals surface area contributed by atoms with Crippen molar-refractivity contribution in [1.29, 1.82) is 0 Å². The minimum atomic E-state index is -3.44. The van der Waals surface area contributed by atoms with Crippen LogP contribution in [-0.4, -0.2) is 112 Å². The number of carbonyl (C=O) groups excluding carboxylic acids is 1. The number of H-pyrrole nitrogens is 1. The van der Waals surface area contributed by atoms with Crippen LogP contribution in [-0.2, 0) is 42.7 Å². The van der Waals surface area contributed by atoms with E-state index in [0.717, 1.165) is 68.1 Å². The summed E-state index contributed by atoms with van der Waals surface area (Å²) in [4.78, 5) is 24.5. The number of hydrogen-bond donors (Lipinski definition) is 3. The van der Waals surface area contributed by atoms with Gasteiger partial charge in [-0.2, -0.15) is 0 Å². The van der Waals surface area contributed by atoms with Gasteiger partial charge in [0.25, 0.3) is 5.91 Å². The maximum absolute atomic E-state index is 13.0. The van der Waals surface area contributed by atoms with Gasteiger partial charge in [-0.15, -0.1) is 0 Å². The number of nitrogens with zero attached hydrogens (tertiary/aromatic N) is 4. The summed E-state index contributed by atoms with van der Waals surface area (Å²) in [6.45, 7) is 28.9. The Hall–Kier alpha value is -4.08. The van der Waals surface area contributed by atoms with Gasteiger partial charge in [0.05, 0.1) is 16.8 Å². The quantitative estimate of drug-likeness (QED) is 0.127. The van der Waals surface area contributed by atoms with E-state index < -0.39 is 20.0 Å². The average Bonchev–Trinajstić information content (AvgIpc) is 3.91. The summed E-state index contributed by atoms with van der Waals surface area (Å²) < 4.78 is 53.9. The second-order valence-electron chi connectivity index (χ2n) is 21.6. The zero-order valence-corrected chi connectivity index (χ0v) is 44.1. The molecule has 3 aromatic carbocycles. The molecule has 4 aromatic rings. The Morgan fingerprint density at radius 2 is 1.50 bits per heavy atom. The SMILES string of the molecule is CC(C)(C)c1cccc(C(=O)NCCc2ncc[nH]2)c1.CC(C)N1CCCC(c2c(NS(C)(=O)=O)cccc2C(C)(C)C)C1.CN1CC[C@@H](CN(C)S(=O)(=O)c2ccccc2C(C)(C)C)C1. The van der Waals surface area contributed by atoms with Gasteiger partial charge >= 0.3 is 0 Å². The first-order chi connectivity index (χ1) is 30.6. The first-order valence-corrected chi connectivity index (χ1v) is 26.9. The first-order valence-electron chi connectivity index (χ1n) is 23.5. The standard InChI is InChI=1S/C19H32N2O2S.C17H28N2O2S.C16H21N3O/c1-14(2)21-12-8-9-15(13-21)18-16(19(3,4)5)10-7-11-17(18)20-24(6,22)23;1-17(2,3)15-8-6-7-9-16(15)22(20,21)19(5)13-14-10-11-18(4)12-14;1-16(2,3)13-6-4-5-12(11-13)15(20)19-8-7-14-17-9-10-18-14/h7,10-11,14-15,20H,8-9,12-13H2,1-6H3;6-9,14H,10-13H2,1-5H3;4-6,9-11H,7-8H2,1-3H3,(H,17,18)(H,19,20)/t;14-;/m.1./s1. The number of aromatic nitrogens is 2. The van der Waals surface area contributed by atoms with E-state index >= 15 is 0 Å². The summed E-state index contributed by atoms with van der Waals surface area (Å²) in [6, 6.07) is 21.7. The lowest BCUT2D eigenvalue weighted by atomic mass is 9.77. The van der Waals surface area contributed by atoms with Gasteiger partial charge in [-0.05, 0) is 128 Å². The Bertz CT molecular complexity index is 2400. The summed E-state index contributed by atoms with van der Waals surface area (Å²) >= 11 is 0. The van der Waals surface area contributed by atoms with Crippen LogP contribution in [0.25, 0.3) is 0 Å². The van der Waals surface area contributed by atoms with Crippen LogP contribution in [0.5, 0.6) is 0 Å². The molecule has 2 aliphatic rings. The molecule has 2 fully saturated rings. The summed E-state index contributed by atoms with van der Waals surface area (Å²) in [5, 5.41) is 2.92. The minimum Gasteiger partial charge on any atom is -0.352 e. The number of nitrogens with one attached hydrogen (secondary N) is 3. The van der Waals surface area contributed by atoms with Gasteiger partial charge in [-0.1, -0.05) is 105 Å². The number of hydrogen-bond acceptors (Lipinski definition) is 8. The number of imidazole rings is 1. The molecule has 0 bridgehead atoms. The molecule has 2 saturated heterocycles. The summed E-state index contributed by atoms with van der Waals surface area (Å²) in [5.41, 5.74) is 5.75. The van der Waals surface area contributed by atoms with Crippen LogP contribution >= 0.6 is 0 Å². The number of anilines is 1. The van der Waals surface area contributed by atoms with E-state index in [1.54, 1.807) is 31.6 Å². The number of piperidine rings is 1. The number of amides is 1. The molecule has 0 aliphatic carbocycles. The number of likely N-dealkylation sites (tertiary alicyclic amines) is 2. The molecule has 0 radical (unpaired) electrons. The molecule has 3 N–H and O–H groups in total. The maximum atomic E-state index is 13.0. The Morgan fingerprint density at radius 3 is 2.08 bits per heavy atom. The van der Waals surface area contributed by atoms with Crippen LogP contribution in [0.2, 0.25) is 0 Å². The molecule has 6 rings (SSSR count). The molecule has 14 heteroatoms. The van der Waals surface area contributed by atoms with Gasteiger partial charge < -0.3 is 20.1 Å². The van der Waals surface area contributed by atoms with Crippen LogP contribution in [0.15, 0.2) is 84.0 Å². The van der Waals surface area contributed by atoms with Crippen molar-refractivity contribution in [3.63, 3.8) is 0 Å². The van der Waals surface area contributed by atoms with Crippen LogP contribution in [0.3, 0.4) is 0 Å². The molecule has 3 heterocycles. The maximum Gasteiger partial charge on any atom is 0.251 e. The molecule has 1 amide bonds. The lowest BCUT2D eigenvalue weighted by molar-refractivity contribution is 0.0953. The smallest absolute Gasteiger partial charge is 0.251 e. The molecule has 366 valence electrons. The molecule has 66 heavy (non-hydrogen) atoms. The van der Waals surface area contributed by atoms with E-state index in [1.807, 2.05) is 63.2 Å². The molecule has 12 nitrogen and oxygen atoms in total. The van der Waals surface area contributed by atoms with Crippen molar-refractivity contribution in [3.8, 4) is 0 Å². The Balaban J connectivity index is 0.000000217. The molecule has 2 atom stereocenters. The average molecular weight is 948 g/mol. The fraction of sp³-hybridized carbons (Fsp3) is 0.577. The molecule has 2 aliphatic heterocycles. The third-order valence-electron chi connectivity index (χ3n) is 12.4. The van der Waals surface area contributed by atoms with Crippen molar-refractivity contribution in [2.45, 2.75) is 135 Å². The number of carbonyl (C=O) groups is 1. The van der Waals surface area contributed by atoms with Crippen molar-refractivity contribution >= 4 is 31.6 Å². The van der Waals surface area contributed by atoms with Crippen LogP contribution < -0.4 is 10.0 Å². The summed E-state index contributed by atoms with van der Waals surface area (Å²) in [7, 11) is -2.95. The third-order valence-corrected chi connectivity index (χ3v) is 14.9. The van der Waals surface area contributed by atoms with Gasteiger partial charge in [0.15, 0.2) is 0 Å². The highest BCUT2D eigenvalue weighted by molar-refractivity contribution is 7.92. The fourth-order valence-corrected chi connectivity index (χ4v) is 11.0. The van der Waals surface area contributed by atoms with Crippen LogP contribution in [0, 0.1) is 5.92 Å². The normalized spacial score (nSPS) is 17.8. The Morgan fingerprint density at radius 1 is 0.848 bits per heavy atom. The van der Waals surface area contributed by atoms with E-state index in [-0.39, 0.29) is 22.2 Å². The number of benzene rings is 3. The Labute approximate surface area is 398 Å². The Kier molecular flexibility index (Phi) is 18.8. The third kappa shape index (κ3) is 16.0. The molecule has 1 unspecified atom stereocenters. The first kappa shape index (κ1) is 54.5. The highest BCUT2D eigenvalue weighted by atomic mass is 32.2. The van der Waals surface area contributed by atoms with E-state index in [1.165, 1.54) is 21.7 Å². The van der Waals surface area contributed by atoms with Crippen molar-refractivity contribution in [2.75, 3.05) is 64.3 Å². The molecule has 1 aromatic heterocycles. The minimum absolute atomic E-state index is 0.0232. The molecular weight excluding hydrogens is 867 g/mol. The molecule has 0 saturated carbocycles. The van der Waals surface area contributed by atoms with Gasteiger partial charge in [-0.3, -0.25) is 9.52 Å². The zero-order chi connectivity index (χ0) is 49.3. The topological polar surface area (TPSA) is 148 Å². The van der Waals surface area contributed by atoms with E-state index in [2.05, 4.69) is 104 Å². The lowest BCUT2D eigenvalue weighted by Gasteiger charge is -2.38. The zero-order valence-electron chi connectivity index (χ0n) is 42.5. The van der Waals surface area contributed by atoms with Crippen molar-refractivity contribution < 1.29 is 21.6 Å². The van der Waals surface area contributed by atoms with Gasteiger partial charge in [0, 0.05) is 63.6 Å². The highest BCUT2D eigenvalue weighted by Crippen LogP contribution is 2.40. The largest absolute Gasteiger partial charge is 0.352 e. The predicted octanol–water partition coefficient (Wildman–Crippen LogP) is 9.18. The van der Waals surface area contributed by atoms with Crippen molar-refractivity contribution in [3.05, 3.63) is 113 Å². The van der Waals surface area contributed by atoms with Crippen molar-refractivity contribution in [1.82, 2.24) is 29.4 Å². The number of sulfonamides is 2. The number of rotatable bonds is 12. The molecular formula is C52H81N7O5S2. The van der Waals surface area contributed by atoms with Crippen LogP contribution in [0.4, 0.5) is 5.69 Å². The van der Waals surface area contributed by atoms with Crippen molar-refractivity contribution in [2.24, 2.45) is 5.92 Å². The highest BCUT2D eigenvalue weighted by Gasteiger charge is 2.32. The summed E-state index contributed by atoms with van der Waals surface area (Å²) in [5.74, 6) is 1.63. The van der Waals surface area contributed by atoms with Gasteiger partial charge in [0.1, 0.15) is 5.82 Å². The monoisotopic (exact) mass is 948 g/mol. The lowest BCUT2D eigenvalue weighted by Crippen LogP contribution is -2.39. The van der Waals surface area contributed by atoms with E-state index in [0.29, 0.717) is 47.8 Å². The second-order valence-corrected chi connectivity index (χ2v) is 25.4. The predicted molar refractivity (Wildman–Crippen MR) is 273 cm³/mol. The van der Waals surface area contributed by atoms with Gasteiger partial charge in [0.2, 0.25) is 20.0 Å². The fourth-order valence-electron chi connectivity index (χ4n) is 8.73. The molecule has 0 spiro atoms. The summed E-state index contributed by atoms with van der Waals surface area (Å²) in [6.07, 6.45) is 8.75. The van der Waals surface area contributed by atoms with Gasteiger partial charge in [-0.25, -0.2) is 26.1 Å². The van der Waals surface area contributed by atoms with E-state index in [9.17, 15) is 21.6 Å². The second kappa shape index (κ2) is 22.8. The number of aromatic amines is 1. The van der Waals surface area contributed by atoms with Crippen LogP contribution in [0.1, 0.15) is 140 Å².